The maximum atomic E-state index is 5.74. The minimum atomic E-state index is 0.551. The molecule has 0 atom stereocenters. The van der Waals surface area contributed by atoms with E-state index >= 15 is 0 Å². The van der Waals surface area contributed by atoms with Crippen molar-refractivity contribution in [2.45, 2.75) is 13.3 Å². The van der Waals surface area contributed by atoms with E-state index in [1.54, 1.807) is 6.20 Å². The summed E-state index contributed by atoms with van der Waals surface area (Å²) in [6.07, 6.45) is 2.42. The predicted octanol–water partition coefficient (Wildman–Crippen LogP) is 2.35. The summed E-state index contributed by atoms with van der Waals surface area (Å²) in [5, 5.41) is 0.551. The van der Waals surface area contributed by atoms with Gasteiger partial charge in [0.15, 0.2) is 0 Å². The van der Waals surface area contributed by atoms with E-state index in [-0.39, 0.29) is 0 Å². The molecule has 0 aromatic carbocycles. The standard InChI is InChI=1S/C6H7ClN2S/c1-2-4-6(7)9-5(10)3-8-4/h3H,2H2,1H3,(H,9,10). The van der Waals surface area contributed by atoms with E-state index in [4.69, 9.17) is 23.8 Å². The Morgan fingerprint density at radius 2 is 2.50 bits per heavy atom. The van der Waals surface area contributed by atoms with Gasteiger partial charge in [-0.1, -0.05) is 30.7 Å². The average molecular weight is 175 g/mol. The second-order valence-corrected chi connectivity index (χ2v) is 2.68. The molecule has 0 bridgehead atoms. The normalized spacial score (nSPS) is 9.80. The first-order valence-corrected chi connectivity index (χ1v) is 3.76. The third-order valence-corrected chi connectivity index (χ3v) is 1.68. The molecule has 1 aromatic heterocycles. The number of rotatable bonds is 1. The van der Waals surface area contributed by atoms with Crippen molar-refractivity contribution in [1.29, 1.82) is 0 Å². The molecule has 0 aliphatic rings. The van der Waals surface area contributed by atoms with Crippen LogP contribution in [0.1, 0.15) is 12.6 Å². The number of H-pyrrole nitrogens is 1. The Labute approximate surface area is 69.3 Å². The lowest BCUT2D eigenvalue weighted by Crippen LogP contribution is -1.90. The van der Waals surface area contributed by atoms with E-state index in [0.717, 1.165) is 12.1 Å². The second kappa shape index (κ2) is 3.12. The van der Waals surface area contributed by atoms with Crippen molar-refractivity contribution in [2.24, 2.45) is 0 Å². The van der Waals surface area contributed by atoms with Gasteiger partial charge in [0.1, 0.15) is 9.79 Å². The van der Waals surface area contributed by atoms with Crippen molar-refractivity contribution < 1.29 is 0 Å². The van der Waals surface area contributed by atoms with Crippen molar-refractivity contribution in [3.05, 3.63) is 21.7 Å². The number of hydrogen-bond donors (Lipinski definition) is 1. The SMILES string of the molecule is CCc1ncc(=S)[nH]c1Cl. The Balaban J connectivity index is 3.19. The molecule has 4 heteroatoms. The van der Waals surface area contributed by atoms with Gasteiger partial charge in [0.25, 0.3) is 0 Å². The first kappa shape index (κ1) is 7.69. The van der Waals surface area contributed by atoms with Gasteiger partial charge < -0.3 is 4.98 Å². The molecule has 2 nitrogen and oxygen atoms in total. The van der Waals surface area contributed by atoms with Crippen LogP contribution in [0, 0.1) is 4.64 Å². The van der Waals surface area contributed by atoms with Gasteiger partial charge >= 0.3 is 0 Å². The summed E-state index contributed by atoms with van der Waals surface area (Å²) in [4.78, 5) is 6.84. The quantitative estimate of drug-likeness (QED) is 0.663. The van der Waals surface area contributed by atoms with Crippen LogP contribution in [0.15, 0.2) is 6.20 Å². The summed E-state index contributed by atoms with van der Waals surface area (Å²) >= 11 is 10.5. The van der Waals surface area contributed by atoms with Crippen molar-refractivity contribution in [2.75, 3.05) is 0 Å². The Morgan fingerprint density at radius 3 is 3.00 bits per heavy atom. The van der Waals surface area contributed by atoms with E-state index in [1.165, 1.54) is 0 Å². The van der Waals surface area contributed by atoms with Crippen molar-refractivity contribution in [3.8, 4) is 0 Å². The highest BCUT2D eigenvalue weighted by atomic mass is 35.5. The zero-order chi connectivity index (χ0) is 7.56. The van der Waals surface area contributed by atoms with Crippen molar-refractivity contribution >= 4 is 23.8 Å². The molecule has 0 aliphatic carbocycles. The van der Waals surface area contributed by atoms with Crippen LogP contribution in [0.3, 0.4) is 0 Å². The highest BCUT2D eigenvalue weighted by Crippen LogP contribution is 2.08. The molecular formula is C6H7ClN2S. The van der Waals surface area contributed by atoms with E-state index in [0.29, 0.717) is 9.79 Å². The third-order valence-electron chi connectivity index (χ3n) is 1.16. The fourth-order valence-electron chi connectivity index (χ4n) is 0.652. The Morgan fingerprint density at radius 1 is 1.80 bits per heavy atom. The monoisotopic (exact) mass is 174 g/mol. The molecule has 0 spiro atoms. The zero-order valence-corrected chi connectivity index (χ0v) is 7.09. The van der Waals surface area contributed by atoms with Crippen LogP contribution in [0.2, 0.25) is 5.15 Å². The molecule has 0 aliphatic heterocycles. The fourth-order valence-corrected chi connectivity index (χ4v) is 1.15. The van der Waals surface area contributed by atoms with Gasteiger partial charge in [-0.15, -0.1) is 0 Å². The number of aromatic nitrogens is 2. The highest BCUT2D eigenvalue weighted by molar-refractivity contribution is 7.71. The lowest BCUT2D eigenvalue weighted by molar-refractivity contribution is 0.994. The maximum absolute atomic E-state index is 5.74. The van der Waals surface area contributed by atoms with Gasteiger partial charge in [-0.2, -0.15) is 0 Å². The summed E-state index contributed by atoms with van der Waals surface area (Å²) in [6.45, 7) is 1.99. The maximum Gasteiger partial charge on any atom is 0.129 e. The molecule has 1 aromatic rings. The minimum absolute atomic E-state index is 0.551. The predicted molar refractivity (Wildman–Crippen MR) is 43.8 cm³/mol. The van der Waals surface area contributed by atoms with Crippen molar-refractivity contribution in [3.63, 3.8) is 0 Å². The van der Waals surface area contributed by atoms with Gasteiger partial charge in [-0.05, 0) is 6.42 Å². The van der Waals surface area contributed by atoms with E-state index < -0.39 is 0 Å². The number of aromatic amines is 1. The Hall–Kier alpha value is -0.410. The van der Waals surface area contributed by atoms with Crippen LogP contribution >= 0.6 is 23.8 Å². The summed E-state index contributed by atoms with van der Waals surface area (Å²) in [7, 11) is 0. The minimum Gasteiger partial charge on any atom is -0.334 e. The first-order valence-electron chi connectivity index (χ1n) is 2.97. The van der Waals surface area contributed by atoms with Gasteiger partial charge in [0.2, 0.25) is 0 Å². The fraction of sp³-hybridized carbons (Fsp3) is 0.333. The first-order chi connectivity index (χ1) is 4.74. The summed E-state index contributed by atoms with van der Waals surface area (Å²) in [6, 6.07) is 0. The molecule has 10 heavy (non-hydrogen) atoms. The van der Waals surface area contributed by atoms with Crippen molar-refractivity contribution in [1.82, 2.24) is 9.97 Å². The van der Waals surface area contributed by atoms with Crippen LogP contribution in [0.5, 0.6) is 0 Å². The van der Waals surface area contributed by atoms with Gasteiger partial charge in [0.05, 0.1) is 11.9 Å². The molecule has 1 heterocycles. The van der Waals surface area contributed by atoms with Crippen LogP contribution in [-0.2, 0) is 6.42 Å². The largest absolute Gasteiger partial charge is 0.334 e. The molecule has 54 valence electrons. The molecule has 1 N–H and O–H groups in total. The van der Waals surface area contributed by atoms with Gasteiger partial charge in [-0.3, -0.25) is 4.98 Å². The lowest BCUT2D eigenvalue weighted by Gasteiger charge is -1.96. The number of nitrogens with one attached hydrogen (secondary N) is 1. The van der Waals surface area contributed by atoms with Crippen LogP contribution in [0.25, 0.3) is 0 Å². The Bertz CT molecular complexity index is 281. The molecule has 0 saturated heterocycles. The second-order valence-electron chi connectivity index (χ2n) is 1.86. The number of halogens is 1. The van der Waals surface area contributed by atoms with Gasteiger partial charge in [-0.25, -0.2) is 0 Å². The molecule has 0 unspecified atom stereocenters. The van der Waals surface area contributed by atoms with Gasteiger partial charge in [0, 0.05) is 0 Å². The summed E-state index contributed by atoms with van der Waals surface area (Å²) in [5.74, 6) is 0. The molecule has 1 rings (SSSR count). The van der Waals surface area contributed by atoms with E-state index in [1.807, 2.05) is 6.92 Å². The van der Waals surface area contributed by atoms with Crippen LogP contribution in [-0.4, -0.2) is 9.97 Å². The van der Waals surface area contributed by atoms with Crippen LogP contribution in [0.4, 0.5) is 0 Å². The lowest BCUT2D eigenvalue weighted by atomic mass is 10.4. The molecule has 0 fully saturated rings. The smallest absolute Gasteiger partial charge is 0.129 e. The summed E-state index contributed by atoms with van der Waals surface area (Å²) < 4.78 is 0.571. The Kier molecular flexibility index (Phi) is 2.40. The average Bonchev–Trinajstić information content (AvgIpc) is 1.88. The topological polar surface area (TPSA) is 28.7 Å². The third kappa shape index (κ3) is 1.55. The number of nitrogens with zero attached hydrogens (tertiary/aromatic N) is 1. The molecular weight excluding hydrogens is 168 g/mol. The zero-order valence-electron chi connectivity index (χ0n) is 5.52. The molecule has 0 amide bonds. The van der Waals surface area contributed by atoms with E-state index in [9.17, 15) is 0 Å². The van der Waals surface area contributed by atoms with E-state index in [2.05, 4.69) is 9.97 Å². The number of aryl methyl sites for hydroxylation is 1. The number of hydrogen-bond acceptors (Lipinski definition) is 2. The van der Waals surface area contributed by atoms with Crippen LogP contribution < -0.4 is 0 Å². The summed E-state index contributed by atoms with van der Waals surface area (Å²) in [5.41, 5.74) is 0.857. The molecule has 0 radical (unpaired) electrons. The molecule has 0 saturated carbocycles. The highest BCUT2D eigenvalue weighted by Gasteiger charge is 1.96.